The number of carbonyl (C=O) groups is 1. The molecule has 1 fully saturated rings. The molecule has 0 aliphatic carbocycles. The quantitative estimate of drug-likeness (QED) is 0.593. The summed E-state index contributed by atoms with van der Waals surface area (Å²) in [5.74, 6) is -0.725. The first-order valence-corrected chi connectivity index (χ1v) is 10.1. The van der Waals surface area contributed by atoms with Crippen molar-refractivity contribution in [2.75, 3.05) is 31.2 Å². The molecule has 33 heavy (non-hydrogen) atoms. The zero-order valence-corrected chi connectivity index (χ0v) is 17.3. The number of morpholine rings is 1. The number of alkyl halides is 3. The average Bonchev–Trinajstić information content (AvgIpc) is 3.34. The molecule has 1 aromatic carbocycles. The number of alkyl carbamates (subject to hydrolysis) is 1. The van der Waals surface area contributed by atoms with Crippen LogP contribution in [0, 0.1) is 0 Å². The molecule has 1 amide bonds. The van der Waals surface area contributed by atoms with Gasteiger partial charge in [0.05, 0.1) is 13.2 Å². The van der Waals surface area contributed by atoms with E-state index in [9.17, 15) is 18.0 Å². The van der Waals surface area contributed by atoms with Crippen LogP contribution in [-0.2, 0) is 28.8 Å². The molecule has 0 saturated carbocycles. The third-order valence-electron chi connectivity index (χ3n) is 4.83. The molecule has 174 valence electrons. The predicted octanol–water partition coefficient (Wildman–Crippen LogP) is 3.41. The van der Waals surface area contributed by atoms with E-state index in [1.54, 1.807) is 18.3 Å². The van der Waals surface area contributed by atoms with Crippen LogP contribution in [0.15, 0.2) is 47.1 Å². The largest absolute Gasteiger partial charge is 0.471 e. The number of hydrogen-bond donors (Lipinski definition) is 1. The number of amides is 1. The summed E-state index contributed by atoms with van der Waals surface area (Å²) >= 11 is 0. The minimum absolute atomic E-state index is 0.0700. The third kappa shape index (κ3) is 5.98. The van der Waals surface area contributed by atoms with Gasteiger partial charge in [-0.05, 0) is 11.6 Å². The van der Waals surface area contributed by atoms with Crippen molar-refractivity contribution in [1.82, 2.24) is 20.4 Å². The van der Waals surface area contributed by atoms with Crippen LogP contribution in [-0.4, -0.2) is 47.5 Å². The van der Waals surface area contributed by atoms with Gasteiger partial charge in [-0.1, -0.05) is 35.5 Å². The zero-order chi connectivity index (χ0) is 23.3. The van der Waals surface area contributed by atoms with Gasteiger partial charge in [-0.2, -0.15) is 18.2 Å². The van der Waals surface area contributed by atoms with Crippen molar-refractivity contribution in [3.63, 3.8) is 0 Å². The van der Waals surface area contributed by atoms with E-state index in [2.05, 4.69) is 29.9 Å². The maximum atomic E-state index is 12.6. The van der Waals surface area contributed by atoms with Gasteiger partial charge in [-0.25, -0.2) is 9.78 Å². The van der Waals surface area contributed by atoms with Crippen LogP contribution in [0.4, 0.5) is 23.8 Å². The van der Waals surface area contributed by atoms with Gasteiger partial charge in [0.25, 0.3) is 0 Å². The fraction of sp³-hybridized carbons (Fsp3) is 0.333. The van der Waals surface area contributed by atoms with Crippen molar-refractivity contribution in [2.24, 2.45) is 0 Å². The van der Waals surface area contributed by atoms with Crippen LogP contribution < -0.4 is 10.2 Å². The average molecular weight is 463 g/mol. The van der Waals surface area contributed by atoms with E-state index < -0.39 is 18.2 Å². The van der Waals surface area contributed by atoms with E-state index in [1.807, 2.05) is 12.1 Å². The molecule has 1 aliphatic heterocycles. The SMILES string of the molecule is O=C(NCc1ccc(-c2noc(C(F)(F)F)n2)cc1)OCc1ccc(N2CCOCC2)nc1. The second-order valence-corrected chi connectivity index (χ2v) is 7.17. The Morgan fingerprint density at radius 2 is 1.82 bits per heavy atom. The molecule has 1 N–H and O–H groups in total. The topological polar surface area (TPSA) is 103 Å². The number of carbonyl (C=O) groups excluding carboxylic acids is 1. The molecule has 4 rings (SSSR count). The number of nitrogens with one attached hydrogen (secondary N) is 1. The van der Waals surface area contributed by atoms with Gasteiger partial charge in [0, 0.05) is 37.0 Å². The van der Waals surface area contributed by atoms with E-state index in [1.165, 1.54) is 12.1 Å². The van der Waals surface area contributed by atoms with E-state index in [0.717, 1.165) is 24.5 Å². The van der Waals surface area contributed by atoms with E-state index >= 15 is 0 Å². The highest BCUT2D eigenvalue weighted by molar-refractivity contribution is 5.67. The molecule has 3 aromatic rings. The highest BCUT2D eigenvalue weighted by Gasteiger charge is 2.38. The minimum atomic E-state index is -4.70. The fourth-order valence-electron chi connectivity index (χ4n) is 3.08. The van der Waals surface area contributed by atoms with Gasteiger partial charge in [-0.3, -0.25) is 0 Å². The van der Waals surface area contributed by atoms with E-state index in [-0.39, 0.29) is 19.0 Å². The Morgan fingerprint density at radius 3 is 2.45 bits per heavy atom. The molecule has 12 heteroatoms. The van der Waals surface area contributed by atoms with Crippen molar-refractivity contribution in [1.29, 1.82) is 0 Å². The Hall–Kier alpha value is -3.67. The minimum Gasteiger partial charge on any atom is -0.445 e. The lowest BCUT2D eigenvalue weighted by molar-refractivity contribution is -0.159. The van der Waals surface area contributed by atoms with Crippen LogP contribution in [0.2, 0.25) is 0 Å². The fourth-order valence-corrected chi connectivity index (χ4v) is 3.08. The Balaban J connectivity index is 1.23. The number of aromatic nitrogens is 3. The van der Waals surface area contributed by atoms with Crippen molar-refractivity contribution in [3.8, 4) is 11.4 Å². The normalized spacial score (nSPS) is 14.2. The van der Waals surface area contributed by atoms with E-state index in [4.69, 9.17) is 9.47 Å². The van der Waals surface area contributed by atoms with Gasteiger partial charge < -0.3 is 24.2 Å². The van der Waals surface area contributed by atoms with Crippen molar-refractivity contribution in [2.45, 2.75) is 19.3 Å². The summed E-state index contributed by atoms with van der Waals surface area (Å²) < 4.78 is 52.4. The number of benzene rings is 1. The zero-order valence-electron chi connectivity index (χ0n) is 17.3. The first-order chi connectivity index (χ1) is 15.9. The smallest absolute Gasteiger partial charge is 0.445 e. The van der Waals surface area contributed by atoms with Crippen LogP contribution in [0.25, 0.3) is 11.4 Å². The molecule has 0 unspecified atom stereocenters. The summed E-state index contributed by atoms with van der Waals surface area (Å²) in [4.78, 5) is 21.8. The number of halogens is 3. The molecule has 0 atom stereocenters. The van der Waals surface area contributed by atoms with Crippen LogP contribution >= 0.6 is 0 Å². The van der Waals surface area contributed by atoms with Gasteiger partial charge in [0.1, 0.15) is 12.4 Å². The Labute approximate surface area is 186 Å². The highest BCUT2D eigenvalue weighted by atomic mass is 19.4. The molecule has 2 aromatic heterocycles. The summed E-state index contributed by atoms with van der Waals surface area (Å²) in [5, 5.41) is 5.95. The summed E-state index contributed by atoms with van der Waals surface area (Å²) in [6, 6.07) is 10.1. The summed E-state index contributed by atoms with van der Waals surface area (Å²) in [6.07, 6.45) is -3.64. The van der Waals surface area contributed by atoms with Crippen LogP contribution in [0.5, 0.6) is 0 Å². The lowest BCUT2D eigenvalue weighted by atomic mass is 10.1. The molecule has 0 spiro atoms. The maximum absolute atomic E-state index is 12.6. The van der Waals surface area contributed by atoms with Crippen LogP contribution in [0.1, 0.15) is 17.0 Å². The first kappa shape index (κ1) is 22.5. The van der Waals surface area contributed by atoms with Crippen molar-refractivity contribution < 1.29 is 32.0 Å². The number of hydrogen-bond acceptors (Lipinski definition) is 8. The molecule has 0 bridgehead atoms. The molecular weight excluding hydrogens is 443 g/mol. The second-order valence-electron chi connectivity index (χ2n) is 7.17. The molecule has 1 aliphatic rings. The molecule has 0 radical (unpaired) electrons. The lowest BCUT2D eigenvalue weighted by Gasteiger charge is -2.27. The highest BCUT2D eigenvalue weighted by Crippen LogP contribution is 2.29. The monoisotopic (exact) mass is 463 g/mol. The summed E-state index contributed by atoms with van der Waals surface area (Å²) in [7, 11) is 0. The lowest BCUT2D eigenvalue weighted by Crippen LogP contribution is -2.36. The summed E-state index contributed by atoms with van der Waals surface area (Å²) in [5.41, 5.74) is 1.82. The molecule has 3 heterocycles. The number of rotatable bonds is 6. The molecule has 1 saturated heterocycles. The Morgan fingerprint density at radius 1 is 1.09 bits per heavy atom. The van der Waals surface area contributed by atoms with Gasteiger partial charge in [0.2, 0.25) is 5.82 Å². The van der Waals surface area contributed by atoms with Gasteiger partial charge in [0.15, 0.2) is 0 Å². The summed E-state index contributed by atoms with van der Waals surface area (Å²) in [6.45, 7) is 3.16. The van der Waals surface area contributed by atoms with Gasteiger partial charge >= 0.3 is 18.2 Å². The third-order valence-corrected chi connectivity index (χ3v) is 4.83. The first-order valence-electron chi connectivity index (χ1n) is 10.1. The number of anilines is 1. The Kier molecular flexibility index (Phi) is 6.73. The predicted molar refractivity (Wildman–Crippen MR) is 109 cm³/mol. The number of nitrogens with zero attached hydrogens (tertiary/aromatic N) is 4. The van der Waals surface area contributed by atoms with Crippen molar-refractivity contribution in [3.05, 3.63) is 59.6 Å². The van der Waals surface area contributed by atoms with Gasteiger partial charge in [-0.15, -0.1) is 0 Å². The standard InChI is InChI=1S/C21H20F3N5O4/c22-21(23,24)19-27-18(28-33-19)16-4-1-14(2-5-16)11-26-20(30)32-13-15-3-6-17(25-12-15)29-7-9-31-10-8-29/h1-6,12H,7-11,13H2,(H,26,30). The Bertz CT molecular complexity index is 1060. The number of ether oxygens (including phenoxy) is 2. The number of pyridine rings is 1. The second kappa shape index (κ2) is 9.86. The van der Waals surface area contributed by atoms with E-state index in [0.29, 0.717) is 24.3 Å². The van der Waals surface area contributed by atoms with Crippen molar-refractivity contribution >= 4 is 11.9 Å². The maximum Gasteiger partial charge on any atom is 0.471 e. The van der Waals surface area contributed by atoms with Crippen LogP contribution in [0.3, 0.4) is 0 Å². The molecular formula is C21H20F3N5O4. The molecule has 9 nitrogen and oxygen atoms in total.